The molecular weight excluding hydrogens is 401 g/mol. The summed E-state index contributed by atoms with van der Waals surface area (Å²) in [6, 6.07) is 6.49. The van der Waals surface area contributed by atoms with Crippen molar-refractivity contribution in [2.75, 3.05) is 39.3 Å². The quantitative estimate of drug-likeness (QED) is 0.624. The molecule has 0 aliphatic carbocycles. The molecule has 2 aliphatic heterocycles. The summed E-state index contributed by atoms with van der Waals surface area (Å²) in [5.41, 5.74) is 0.876. The largest absolute Gasteiger partial charge is 0.376 e. The summed E-state index contributed by atoms with van der Waals surface area (Å²) >= 11 is 5.82. The standard InChI is InChI=1S/C22H32FN5OS/c1-17(2)14-25-9-11-26(12-10-25)16-28-22(30)27(15-20-4-3-13-29-20)21(24-28)18-5-7-19(23)8-6-18/h5-8,17,20H,3-4,9-16H2,1-2H3. The second kappa shape index (κ2) is 9.68. The summed E-state index contributed by atoms with van der Waals surface area (Å²) in [5, 5.41) is 4.86. The van der Waals surface area contributed by atoms with Crippen molar-refractivity contribution in [1.29, 1.82) is 0 Å². The molecule has 1 aromatic heterocycles. The van der Waals surface area contributed by atoms with Gasteiger partial charge in [0.2, 0.25) is 0 Å². The smallest absolute Gasteiger partial charge is 0.199 e. The number of aromatic nitrogens is 3. The predicted molar refractivity (Wildman–Crippen MR) is 118 cm³/mol. The lowest BCUT2D eigenvalue weighted by atomic mass is 10.2. The Hall–Kier alpha value is -1.61. The van der Waals surface area contributed by atoms with Gasteiger partial charge in [-0.15, -0.1) is 0 Å². The summed E-state index contributed by atoms with van der Waals surface area (Å²) in [4.78, 5) is 4.94. The molecular formula is C22H32FN5OS. The van der Waals surface area contributed by atoms with Crippen molar-refractivity contribution in [3.05, 3.63) is 34.9 Å². The maximum Gasteiger partial charge on any atom is 0.199 e. The number of ether oxygens (including phenoxy) is 1. The number of piperazine rings is 1. The Kier molecular flexibility index (Phi) is 6.98. The van der Waals surface area contributed by atoms with E-state index < -0.39 is 0 Å². The SMILES string of the molecule is CC(C)CN1CCN(Cn2nc(-c3ccc(F)cc3)n(CC3CCCO3)c2=S)CC1. The molecule has 30 heavy (non-hydrogen) atoms. The van der Waals surface area contributed by atoms with Crippen molar-refractivity contribution in [3.8, 4) is 11.4 Å². The van der Waals surface area contributed by atoms with Crippen LogP contribution >= 0.6 is 12.2 Å². The Morgan fingerprint density at radius 3 is 2.47 bits per heavy atom. The zero-order chi connectivity index (χ0) is 21.1. The van der Waals surface area contributed by atoms with Gasteiger partial charge in [0, 0.05) is 44.9 Å². The van der Waals surface area contributed by atoms with Crippen LogP contribution in [0.3, 0.4) is 0 Å². The first kappa shape index (κ1) is 21.6. The van der Waals surface area contributed by atoms with Crippen molar-refractivity contribution in [2.45, 2.75) is 46.0 Å². The molecule has 0 amide bonds. The zero-order valence-corrected chi connectivity index (χ0v) is 18.8. The fourth-order valence-corrected chi connectivity index (χ4v) is 4.58. The van der Waals surface area contributed by atoms with Crippen molar-refractivity contribution in [2.24, 2.45) is 5.92 Å². The maximum atomic E-state index is 13.5. The predicted octanol–water partition coefficient (Wildman–Crippen LogP) is 3.63. The van der Waals surface area contributed by atoms with E-state index in [-0.39, 0.29) is 11.9 Å². The summed E-state index contributed by atoms with van der Waals surface area (Å²) in [5.74, 6) is 1.23. The van der Waals surface area contributed by atoms with Gasteiger partial charge in [0.15, 0.2) is 10.6 Å². The van der Waals surface area contributed by atoms with Crippen LogP contribution in [0, 0.1) is 16.5 Å². The first-order chi connectivity index (χ1) is 14.5. The average molecular weight is 434 g/mol. The summed E-state index contributed by atoms with van der Waals surface area (Å²) < 4.78 is 24.0. The summed E-state index contributed by atoms with van der Waals surface area (Å²) in [6.07, 6.45) is 2.28. The van der Waals surface area contributed by atoms with Crippen LogP contribution in [0.15, 0.2) is 24.3 Å². The maximum absolute atomic E-state index is 13.5. The molecule has 3 heterocycles. The monoisotopic (exact) mass is 433 g/mol. The van der Waals surface area contributed by atoms with Crippen molar-refractivity contribution in [1.82, 2.24) is 24.1 Å². The van der Waals surface area contributed by atoms with Crippen LogP contribution < -0.4 is 0 Å². The van der Waals surface area contributed by atoms with Crippen molar-refractivity contribution < 1.29 is 9.13 Å². The fourth-order valence-electron chi connectivity index (χ4n) is 4.32. The highest BCUT2D eigenvalue weighted by Gasteiger charge is 2.23. The second-order valence-electron chi connectivity index (χ2n) is 8.81. The van der Waals surface area contributed by atoms with E-state index in [1.165, 1.54) is 12.1 Å². The molecule has 0 saturated carbocycles. The molecule has 0 bridgehead atoms. The molecule has 0 radical (unpaired) electrons. The zero-order valence-electron chi connectivity index (χ0n) is 18.0. The number of rotatable bonds is 7. The summed E-state index contributed by atoms with van der Waals surface area (Å²) in [7, 11) is 0. The van der Waals surface area contributed by atoms with Gasteiger partial charge < -0.3 is 9.64 Å². The van der Waals surface area contributed by atoms with Gasteiger partial charge in [-0.2, -0.15) is 5.10 Å². The lowest BCUT2D eigenvalue weighted by molar-refractivity contribution is 0.0921. The van der Waals surface area contributed by atoms with Gasteiger partial charge in [0.05, 0.1) is 19.3 Å². The normalized spacial score (nSPS) is 21.0. The van der Waals surface area contributed by atoms with E-state index in [2.05, 4.69) is 28.2 Å². The molecule has 1 atom stereocenters. The third kappa shape index (κ3) is 5.17. The first-order valence-corrected chi connectivity index (χ1v) is 11.4. The van der Waals surface area contributed by atoms with Gasteiger partial charge in [-0.1, -0.05) is 13.8 Å². The van der Waals surface area contributed by atoms with E-state index in [1.807, 2.05) is 4.68 Å². The fraction of sp³-hybridized carbons (Fsp3) is 0.636. The molecule has 2 aliphatic rings. The van der Waals surface area contributed by atoms with Crippen LogP contribution in [0.5, 0.6) is 0 Å². The number of benzene rings is 1. The molecule has 0 N–H and O–H groups in total. The molecule has 2 saturated heterocycles. The molecule has 2 fully saturated rings. The van der Waals surface area contributed by atoms with Crippen LogP contribution in [0.1, 0.15) is 26.7 Å². The molecule has 164 valence electrons. The third-order valence-electron chi connectivity index (χ3n) is 5.86. The van der Waals surface area contributed by atoms with E-state index in [1.54, 1.807) is 12.1 Å². The minimum Gasteiger partial charge on any atom is -0.376 e. The van der Waals surface area contributed by atoms with Crippen LogP contribution in [-0.2, 0) is 18.0 Å². The highest BCUT2D eigenvalue weighted by molar-refractivity contribution is 7.71. The topological polar surface area (TPSA) is 38.5 Å². The number of halogens is 1. The summed E-state index contributed by atoms with van der Waals surface area (Å²) in [6.45, 7) is 12.0. The second-order valence-corrected chi connectivity index (χ2v) is 9.18. The number of hydrogen-bond donors (Lipinski definition) is 0. The van der Waals surface area contributed by atoms with Gasteiger partial charge in [-0.25, -0.2) is 9.07 Å². The molecule has 1 unspecified atom stereocenters. The van der Waals surface area contributed by atoms with E-state index in [4.69, 9.17) is 22.1 Å². The van der Waals surface area contributed by atoms with Gasteiger partial charge in [-0.05, 0) is 55.2 Å². The van der Waals surface area contributed by atoms with Gasteiger partial charge >= 0.3 is 0 Å². The Labute approximate surface area is 183 Å². The van der Waals surface area contributed by atoms with E-state index >= 15 is 0 Å². The van der Waals surface area contributed by atoms with Gasteiger partial charge in [0.1, 0.15) is 5.82 Å². The van der Waals surface area contributed by atoms with Gasteiger partial charge in [-0.3, -0.25) is 9.47 Å². The Bertz CT molecular complexity index is 880. The Morgan fingerprint density at radius 2 is 1.83 bits per heavy atom. The highest BCUT2D eigenvalue weighted by Crippen LogP contribution is 2.22. The number of hydrogen-bond acceptors (Lipinski definition) is 5. The molecule has 0 spiro atoms. The van der Waals surface area contributed by atoms with E-state index in [0.29, 0.717) is 23.9 Å². The van der Waals surface area contributed by atoms with Crippen LogP contribution in [0.4, 0.5) is 4.39 Å². The molecule has 2 aromatic rings. The molecule has 1 aromatic carbocycles. The lowest BCUT2D eigenvalue weighted by Crippen LogP contribution is -2.47. The first-order valence-electron chi connectivity index (χ1n) is 11.0. The molecule has 4 rings (SSSR count). The highest BCUT2D eigenvalue weighted by atomic mass is 32.1. The van der Waals surface area contributed by atoms with Gasteiger partial charge in [0.25, 0.3) is 0 Å². The van der Waals surface area contributed by atoms with Crippen LogP contribution in [0.2, 0.25) is 0 Å². The third-order valence-corrected chi connectivity index (χ3v) is 6.29. The minimum absolute atomic E-state index is 0.160. The average Bonchev–Trinajstić information content (AvgIpc) is 3.34. The minimum atomic E-state index is -0.248. The Balaban J connectivity index is 1.53. The molecule has 6 nitrogen and oxygen atoms in total. The van der Waals surface area contributed by atoms with Crippen LogP contribution in [-0.4, -0.2) is 69.6 Å². The Morgan fingerprint density at radius 1 is 1.13 bits per heavy atom. The lowest BCUT2D eigenvalue weighted by Gasteiger charge is -2.35. The molecule has 8 heteroatoms. The van der Waals surface area contributed by atoms with E-state index in [0.717, 1.165) is 63.6 Å². The number of nitrogens with zero attached hydrogens (tertiary/aromatic N) is 5. The van der Waals surface area contributed by atoms with Crippen molar-refractivity contribution >= 4 is 12.2 Å². The van der Waals surface area contributed by atoms with E-state index in [9.17, 15) is 4.39 Å². The van der Waals surface area contributed by atoms with Crippen molar-refractivity contribution in [3.63, 3.8) is 0 Å². The van der Waals surface area contributed by atoms with Crippen LogP contribution in [0.25, 0.3) is 11.4 Å².